The average molecular weight is 631 g/mol. The van der Waals surface area contributed by atoms with Crippen LogP contribution in [0.5, 0.6) is 0 Å². The number of primary amides is 1. The summed E-state index contributed by atoms with van der Waals surface area (Å²) in [6.45, 7) is 5.79. The normalized spacial score (nSPS) is 20.1. The van der Waals surface area contributed by atoms with Crippen LogP contribution in [0.1, 0.15) is 65.9 Å². The van der Waals surface area contributed by atoms with Crippen molar-refractivity contribution in [2.24, 2.45) is 23.5 Å². The molecule has 5 N–H and O–H groups in total. The van der Waals surface area contributed by atoms with E-state index in [1.807, 2.05) is 48.5 Å². The molecular formula is C32H45N3O6PS+. The zero-order valence-electron chi connectivity index (χ0n) is 25.0. The van der Waals surface area contributed by atoms with Crippen LogP contribution in [0.15, 0.2) is 54.6 Å². The third kappa shape index (κ3) is 12.1. The maximum atomic E-state index is 11.0. The highest BCUT2D eigenvalue weighted by Crippen LogP contribution is 2.40. The van der Waals surface area contributed by atoms with E-state index >= 15 is 0 Å². The summed E-state index contributed by atoms with van der Waals surface area (Å²) in [5.41, 5.74) is 6.94. The number of amides is 1. The third-order valence-corrected chi connectivity index (χ3v) is 9.65. The maximum absolute atomic E-state index is 11.0. The summed E-state index contributed by atoms with van der Waals surface area (Å²) < 4.78 is 1.94. The number of rotatable bonds is 8. The van der Waals surface area contributed by atoms with Crippen LogP contribution in [0.2, 0.25) is 0 Å². The van der Waals surface area contributed by atoms with Crippen LogP contribution >= 0.6 is 19.7 Å². The van der Waals surface area contributed by atoms with Gasteiger partial charge in [0.1, 0.15) is 12.2 Å². The topological polar surface area (TPSA) is 144 Å². The second kappa shape index (κ2) is 17.6. The zero-order valence-corrected chi connectivity index (χ0v) is 26.8. The summed E-state index contributed by atoms with van der Waals surface area (Å²) in [5.74, 6) is 1.48. The van der Waals surface area contributed by atoms with Crippen LogP contribution in [-0.2, 0) is 11.0 Å². The molecule has 2 aliphatic heterocycles. The molecule has 3 aromatic rings. The van der Waals surface area contributed by atoms with Crippen molar-refractivity contribution in [3.8, 4) is 0 Å². The second-order valence-electron chi connectivity index (χ2n) is 11.6. The molecule has 2 saturated heterocycles. The van der Waals surface area contributed by atoms with Crippen LogP contribution < -0.4 is 5.73 Å². The highest BCUT2D eigenvalue weighted by molar-refractivity contribution is 7.44. The fourth-order valence-electron chi connectivity index (χ4n) is 5.03. The van der Waals surface area contributed by atoms with Crippen molar-refractivity contribution >= 4 is 42.0 Å². The predicted molar refractivity (Wildman–Crippen MR) is 173 cm³/mol. The molecule has 0 spiro atoms. The molecule has 3 unspecified atom stereocenters. The Balaban J connectivity index is 0.000000167. The monoisotopic (exact) mass is 630 g/mol. The number of nitroso groups, excluding NO2 is 1. The first-order valence-corrected chi connectivity index (χ1v) is 17.1. The van der Waals surface area contributed by atoms with E-state index in [-0.39, 0.29) is 12.1 Å². The standard InChI is InChI=1S/C10H10NO3PS.C10H12NO2.C7H12O.C5H11N/c11-10(12)9-4-7-3-6(5-15(13)14)1-2-8(7)16-9;12-10(9-6-11(13)7-9)8-4-2-1-3-5-8;1-6-5-7(6)3-2-4-8;1-6-4-2-3-5-6/h1-4,13-14H,5H2,(H2,11,12);1-5,9-10,12H,6-7H2;4,6-7H,2-3,5H2,1H3;2-5H2,1H3/q;+1;;. The van der Waals surface area contributed by atoms with Crippen LogP contribution in [0.3, 0.4) is 0 Å². The Kier molecular flexibility index (Phi) is 14.3. The number of benzene rings is 2. The van der Waals surface area contributed by atoms with Crippen molar-refractivity contribution in [3.63, 3.8) is 0 Å². The van der Waals surface area contributed by atoms with Crippen molar-refractivity contribution in [3.05, 3.63) is 75.5 Å². The lowest BCUT2D eigenvalue weighted by atomic mass is 9.91. The Morgan fingerprint density at radius 2 is 1.79 bits per heavy atom. The summed E-state index contributed by atoms with van der Waals surface area (Å²) in [5, 5.41) is 10.7. The summed E-state index contributed by atoms with van der Waals surface area (Å²) in [6.07, 6.45) is 6.87. The van der Waals surface area contributed by atoms with Gasteiger partial charge in [-0.1, -0.05) is 43.3 Å². The molecule has 1 amide bonds. The molecule has 1 saturated carbocycles. The number of thiophene rings is 1. The predicted octanol–water partition coefficient (Wildman–Crippen LogP) is 5.26. The first-order valence-electron chi connectivity index (χ1n) is 14.8. The number of hydrogen-bond donors (Lipinski definition) is 4. The Hall–Kier alpha value is -2.59. The van der Waals surface area contributed by atoms with Crippen molar-refractivity contribution in [2.45, 2.75) is 51.3 Å². The summed E-state index contributed by atoms with van der Waals surface area (Å²) in [6, 6.07) is 16.7. The van der Waals surface area contributed by atoms with Crippen LogP contribution in [0.4, 0.5) is 0 Å². The van der Waals surface area contributed by atoms with Crippen molar-refractivity contribution in [1.82, 2.24) is 4.90 Å². The quantitative estimate of drug-likeness (QED) is 0.151. The zero-order chi connectivity index (χ0) is 31.4. The fraction of sp³-hybridized carbons (Fsp3) is 0.500. The van der Waals surface area contributed by atoms with Gasteiger partial charge in [-0.15, -0.1) is 11.3 Å². The molecular weight excluding hydrogens is 585 g/mol. The van der Waals surface area contributed by atoms with Gasteiger partial charge >= 0.3 is 0 Å². The molecule has 0 bridgehead atoms. The molecule has 3 heterocycles. The highest BCUT2D eigenvalue weighted by atomic mass is 32.1. The Labute approximate surface area is 259 Å². The lowest BCUT2D eigenvalue weighted by Gasteiger charge is -2.22. The smallest absolute Gasteiger partial charge is 0.258 e. The third-order valence-electron chi connectivity index (χ3n) is 7.87. The van der Waals surface area contributed by atoms with Gasteiger partial charge in [-0.3, -0.25) is 4.79 Å². The number of hydrogen-bond acceptors (Lipinski definition) is 8. The van der Waals surface area contributed by atoms with E-state index in [0.29, 0.717) is 18.0 Å². The van der Waals surface area contributed by atoms with E-state index < -0.39 is 20.4 Å². The van der Waals surface area contributed by atoms with Crippen molar-refractivity contribution in [2.75, 3.05) is 33.2 Å². The summed E-state index contributed by atoms with van der Waals surface area (Å²) in [7, 11) is 0.248. The molecule has 11 heteroatoms. The average Bonchev–Trinajstić information content (AvgIpc) is 3.29. The number of likely N-dealkylation sites (tertiary alicyclic amines) is 1. The lowest BCUT2D eigenvalue weighted by molar-refractivity contribution is -0.628. The number of aliphatic hydroxyl groups excluding tert-OH is 1. The molecule has 9 nitrogen and oxygen atoms in total. The first kappa shape index (κ1) is 34.9. The molecule has 3 aliphatic rings. The Morgan fingerprint density at radius 1 is 1.14 bits per heavy atom. The van der Waals surface area contributed by atoms with Gasteiger partial charge in [-0.25, -0.2) is 0 Å². The lowest BCUT2D eigenvalue weighted by Crippen LogP contribution is -2.41. The maximum Gasteiger partial charge on any atom is 0.258 e. The van der Waals surface area contributed by atoms with E-state index in [9.17, 15) is 19.6 Å². The Morgan fingerprint density at radius 3 is 2.28 bits per heavy atom. The summed E-state index contributed by atoms with van der Waals surface area (Å²) >= 11 is 1.34. The largest absolute Gasteiger partial charge is 0.388 e. The van der Waals surface area contributed by atoms with Gasteiger partial charge in [-0.2, -0.15) is 0 Å². The highest BCUT2D eigenvalue weighted by Gasteiger charge is 2.40. The Bertz CT molecular complexity index is 1310. The number of aliphatic hydroxyl groups is 1. The van der Waals surface area contributed by atoms with Crippen LogP contribution in [-0.4, -0.2) is 70.0 Å². The molecule has 43 heavy (non-hydrogen) atoms. The summed E-state index contributed by atoms with van der Waals surface area (Å²) in [4.78, 5) is 52.2. The van der Waals surface area contributed by atoms with Gasteiger partial charge in [0, 0.05) is 22.2 Å². The van der Waals surface area contributed by atoms with Gasteiger partial charge < -0.3 is 30.3 Å². The number of carbonyl (C=O) groups excluding carboxylic acids is 2. The van der Waals surface area contributed by atoms with Gasteiger partial charge in [0.15, 0.2) is 8.38 Å². The van der Waals surface area contributed by atoms with Crippen molar-refractivity contribution < 1.29 is 29.2 Å². The van der Waals surface area contributed by atoms with E-state index in [1.54, 1.807) is 6.07 Å². The molecule has 2 aromatic carbocycles. The van der Waals surface area contributed by atoms with Crippen LogP contribution in [0, 0.1) is 22.7 Å². The molecule has 3 fully saturated rings. The van der Waals surface area contributed by atoms with E-state index in [2.05, 4.69) is 18.9 Å². The van der Waals surface area contributed by atoms with Crippen LogP contribution in [0.25, 0.3) is 10.1 Å². The van der Waals surface area contributed by atoms with Crippen molar-refractivity contribution in [1.29, 1.82) is 0 Å². The molecule has 3 atom stereocenters. The number of nitrogens with two attached hydrogens (primary N) is 1. The minimum Gasteiger partial charge on any atom is -0.388 e. The number of carbonyl (C=O) groups is 2. The minimum atomic E-state index is -1.93. The van der Waals surface area contributed by atoms with Gasteiger partial charge in [0.2, 0.25) is 13.1 Å². The number of aldehydes is 1. The van der Waals surface area contributed by atoms with Gasteiger partial charge in [-0.05, 0) is 97.1 Å². The SMILES string of the molecule is CC1CC1CCC=O.CN1CCCC1.NC(=O)c1cc2cc(CP(O)O)ccc2s1.O=[N+]1CC(C(O)c2ccccc2)C1. The molecule has 0 radical (unpaired) electrons. The van der Waals surface area contributed by atoms with Gasteiger partial charge in [0.25, 0.3) is 5.91 Å². The minimum absolute atomic E-state index is 0.111. The second-order valence-corrected chi connectivity index (χ2v) is 13.7. The van der Waals surface area contributed by atoms with E-state index in [4.69, 9.17) is 15.5 Å². The number of fused-ring (bicyclic) bond motifs is 1. The molecule has 1 aliphatic carbocycles. The first-order chi connectivity index (χ1) is 20.6. The molecule has 234 valence electrons. The van der Waals surface area contributed by atoms with Gasteiger partial charge in [0.05, 0.1) is 11.0 Å². The van der Waals surface area contributed by atoms with E-state index in [1.165, 1.54) is 43.7 Å². The van der Waals surface area contributed by atoms with E-state index in [0.717, 1.165) is 56.9 Å². The molecule has 1 aromatic heterocycles. The number of nitrogens with zero attached hydrogens (tertiary/aromatic N) is 2. The fourth-order valence-corrected chi connectivity index (χ4v) is 6.44. The molecule has 6 rings (SSSR count).